The molecule has 0 unspecified atom stereocenters. The minimum atomic E-state index is -3.59. The predicted octanol–water partition coefficient (Wildman–Crippen LogP) is 4.88. The van der Waals surface area contributed by atoms with Gasteiger partial charge < -0.3 is 5.32 Å². The second-order valence-corrected chi connectivity index (χ2v) is 9.67. The largest absolute Gasteiger partial charge is 0.348 e. The Balaban J connectivity index is 1.48. The van der Waals surface area contributed by atoms with Gasteiger partial charge in [0, 0.05) is 12.1 Å². The summed E-state index contributed by atoms with van der Waals surface area (Å²) < 4.78 is 39.1. The van der Waals surface area contributed by atoms with Crippen LogP contribution in [0.5, 0.6) is 0 Å². The average molecular weight is 463 g/mol. The van der Waals surface area contributed by atoms with Gasteiger partial charge in [0.2, 0.25) is 10.0 Å². The molecule has 0 aliphatic carbocycles. The van der Waals surface area contributed by atoms with Gasteiger partial charge in [-0.15, -0.1) is 0 Å². The van der Waals surface area contributed by atoms with Crippen LogP contribution in [-0.2, 0) is 23.1 Å². The van der Waals surface area contributed by atoms with Crippen LogP contribution in [0.25, 0.3) is 10.8 Å². The van der Waals surface area contributed by atoms with Crippen molar-refractivity contribution in [2.45, 2.75) is 13.1 Å². The van der Waals surface area contributed by atoms with Crippen LogP contribution < -0.4 is 9.62 Å². The van der Waals surface area contributed by atoms with E-state index in [-0.39, 0.29) is 18.3 Å². The number of nitrogens with zero attached hydrogens (tertiary/aromatic N) is 1. The van der Waals surface area contributed by atoms with E-state index in [1.807, 2.05) is 42.5 Å². The molecule has 0 radical (unpaired) electrons. The first kappa shape index (κ1) is 22.5. The predicted molar refractivity (Wildman–Crippen MR) is 129 cm³/mol. The molecule has 4 rings (SSSR count). The van der Waals surface area contributed by atoms with Gasteiger partial charge in [-0.3, -0.25) is 9.10 Å². The van der Waals surface area contributed by atoms with Gasteiger partial charge in [0.05, 0.1) is 18.5 Å². The van der Waals surface area contributed by atoms with Crippen molar-refractivity contribution in [2.24, 2.45) is 0 Å². The molecule has 0 aliphatic heterocycles. The van der Waals surface area contributed by atoms with E-state index in [1.54, 1.807) is 36.4 Å². The molecule has 4 aromatic carbocycles. The molecule has 0 heterocycles. The van der Waals surface area contributed by atoms with Crippen LogP contribution >= 0.6 is 0 Å². The number of hydrogen-bond acceptors (Lipinski definition) is 3. The fraction of sp³-hybridized carbons (Fsp3) is 0.115. The Morgan fingerprint density at radius 2 is 1.55 bits per heavy atom. The molecule has 1 amide bonds. The number of amides is 1. The number of benzene rings is 4. The number of halogens is 1. The van der Waals surface area contributed by atoms with Gasteiger partial charge in [-0.2, -0.15) is 0 Å². The third-order valence-corrected chi connectivity index (χ3v) is 6.52. The summed E-state index contributed by atoms with van der Waals surface area (Å²) in [7, 11) is -3.59. The third-order valence-electron chi connectivity index (χ3n) is 5.38. The van der Waals surface area contributed by atoms with Gasteiger partial charge in [-0.25, -0.2) is 12.8 Å². The summed E-state index contributed by atoms with van der Waals surface area (Å²) in [5.74, 6) is -0.637. The lowest BCUT2D eigenvalue weighted by atomic mass is 10.0. The summed E-state index contributed by atoms with van der Waals surface area (Å²) in [5, 5.41) is 5.12. The highest BCUT2D eigenvalue weighted by Crippen LogP contribution is 2.22. The van der Waals surface area contributed by atoms with E-state index in [9.17, 15) is 17.6 Å². The monoisotopic (exact) mass is 462 g/mol. The Labute approximate surface area is 192 Å². The molecule has 0 bridgehead atoms. The van der Waals surface area contributed by atoms with Gasteiger partial charge in [0.15, 0.2) is 0 Å². The molecule has 33 heavy (non-hydrogen) atoms. The van der Waals surface area contributed by atoms with E-state index < -0.39 is 10.0 Å². The van der Waals surface area contributed by atoms with Crippen molar-refractivity contribution in [3.8, 4) is 0 Å². The molecule has 4 aromatic rings. The molecule has 0 aromatic heterocycles. The zero-order chi connectivity index (χ0) is 23.4. The number of anilines is 1. The first-order valence-electron chi connectivity index (χ1n) is 10.4. The van der Waals surface area contributed by atoms with Crippen LogP contribution in [-0.4, -0.2) is 20.6 Å². The van der Waals surface area contributed by atoms with Gasteiger partial charge in [0.25, 0.3) is 5.91 Å². The SMILES string of the molecule is CS(=O)(=O)N(Cc1ccc(F)cc1)c1ccc(C(=O)NCc2cccc3ccccc23)cc1. The van der Waals surface area contributed by atoms with E-state index in [4.69, 9.17) is 0 Å². The number of sulfonamides is 1. The fourth-order valence-corrected chi connectivity index (χ4v) is 4.55. The van der Waals surface area contributed by atoms with Crippen LogP contribution in [0.15, 0.2) is 91.0 Å². The second-order valence-electron chi connectivity index (χ2n) is 7.76. The Morgan fingerprint density at radius 3 is 2.24 bits per heavy atom. The van der Waals surface area contributed by atoms with Gasteiger partial charge in [0.1, 0.15) is 5.82 Å². The van der Waals surface area contributed by atoms with Crippen LogP contribution in [0.1, 0.15) is 21.5 Å². The van der Waals surface area contributed by atoms with Crippen molar-refractivity contribution in [1.29, 1.82) is 0 Å². The van der Waals surface area contributed by atoms with Crippen molar-refractivity contribution < 1.29 is 17.6 Å². The van der Waals surface area contributed by atoms with E-state index in [0.717, 1.165) is 22.6 Å². The zero-order valence-electron chi connectivity index (χ0n) is 18.0. The second kappa shape index (κ2) is 9.42. The van der Waals surface area contributed by atoms with E-state index in [0.29, 0.717) is 23.4 Å². The summed E-state index contributed by atoms with van der Waals surface area (Å²) in [6, 6.07) is 26.0. The maximum Gasteiger partial charge on any atom is 0.251 e. The summed E-state index contributed by atoms with van der Waals surface area (Å²) in [6.45, 7) is 0.438. The smallest absolute Gasteiger partial charge is 0.251 e. The van der Waals surface area contributed by atoms with Gasteiger partial charge >= 0.3 is 0 Å². The Kier molecular flexibility index (Phi) is 6.42. The number of rotatable bonds is 7. The van der Waals surface area contributed by atoms with E-state index in [1.165, 1.54) is 16.4 Å². The van der Waals surface area contributed by atoms with Crippen LogP contribution in [0.4, 0.5) is 10.1 Å². The topological polar surface area (TPSA) is 66.5 Å². The fourth-order valence-electron chi connectivity index (χ4n) is 3.66. The molecule has 5 nitrogen and oxygen atoms in total. The Morgan fingerprint density at radius 1 is 0.879 bits per heavy atom. The van der Waals surface area contributed by atoms with Crippen molar-refractivity contribution >= 4 is 32.4 Å². The van der Waals surface area contributed by atoms with Crippen molar-refractivity contribution in [2.75, 3.05) is 10.6 Å². The molecule has 1 N–H and O–H groups in total. The van der Waals surface area contributed by atoms with E-state index in [2.05, 4.69) is 5.32 Å². The number of carbonyl (C=O) groups is 1. The molecule has 0 atom stereocenters. The first-order chi connectivity index (χ1) is 15.8. The van der Waals surface area contributed by atoms with Gasteiger partial charge in [-0.1, -0.05) is 54.6 Å². The lowest BCUT2D eigenvalue weighted by Gasteiger charge is -2.22. The van der Waals surface area contributed by atoms with Crippen molar-refractivity contribution in [1.82, 2.24) is 5.32 Å². The number of fused-ring (bicyclic) bond motifs is 1. The number of nitrogens with one attached hydrogen (secondary N) is 1. The molecule has 0 aliphatic rings. The summed E-state index contributed by atoms with van der Waals surface area (Å²) in [5.41, 5.74) is 2.51. The van der Waals surface area contributed by atoms with Crippen molar-refractivity contribution in [3.05, 3.63) is 114 Å². The van der Waals surface area contributed by atoms with Crippen LogP contribution in [0, 0.1) is 5.82 Å². The van der Waals surface area contributed by atoms with Crippen LogP contribution in [0.3, 0.4) is 0 Å². The Bertz CT molecular complexity index is 1380. The summed E-state index contributed by atoms with van der Waals surface area (Å²) in [4.78, 5) is 12.7. The maximum atomic E-state index is 13.2. The van der Waals surface area contributed by atoms with Crippen LogP contribution in [0.2, 0.25) is 0 Å². The molecule has 168 valence electrons. The maximum absolute atomic E-state index is 13.2. The Hall–Kier alpha value is -3.71. The molecule has 7 heteroatoms. The zero-order valence-corrected chi connectivity index (χ0v) is 18.8. The lowest BCUT2D eigenvalue weighted by Crippen LogP contribution is -2.29. The lowest BCUT2D eigenvalue weighted by molar-refractivity contribution is 0.0951. The van der Waals surface area contributed by atoms with Crippen molar-refractivity contribution in [3.63, 3.8) is 0 Å². The molecular weight excluding hydrogens is 439 g/mol. The normalized spacial score (nSPS) is 11.3. The average Bonchev–Trinajstić information content (AvgIpc) is 2.81. The van der Waals surface area contributed by atoms with E-state index >= 15 is 0 Å². The number of hydrogen-bond donors (Lipinski definition) is 1. The highest BCUT2D eigenvalue weighted by molar-refractivity contribution is 7.92. The van der Waals surface area contributed by atoms with Gasteiger partial charge in [-0.05, 0) is 58.3 Å². The highest BCUT2D eigenvalue weighted by atomic mass is 32.2. The highest BCUT2D eigenvalue weighted by Gasteiger charge is 2.18. The minimum Gasteiger partial charge on any atom is -0.348 e. The standard InChI is InChI=1S/C26H23FN2O3S/c1-33(31,32)29(18-19-9-13-23(27)14-10-19)24-15-11-21(12-16-24)26(30)28-17-22-7-4-6-20-5-2-3-8-25(20)22/h2-16H,17-18H2,1H3,(H,28,30). The molecular formula is C26H23FN2O3S. The quantitative estimate of drug-likeness (QED) is 0.426. The number of carbonyl (C=O) groups excluding carboxylic acids is 1. The summed E-state index contributed by atoms with van der Waals surface area (Å²) >= 11 is 0. The molecule has 0 saturated carbocycles. The summed E-state index contributed by atoms with van der Waals surface area (Å²) in [6.07, 6.45) is 1.11. The molecule has 0 fully saturated rings. The third kappa shape index (κ3) is 5.38. The molecule has 0 saturated heterocycles. The first-order valence-corrected chi connectivity index (χ1v) is 12.2. The molecule has 0 spiro atoms. The minimum absolute atomic E-state index is 0.0612.